The van der Waals surface area contributed by atoms with Gasteiger partial charge in [-0.15, -0.1) is 0 Å². The Morgan fingerprint density at radius 2 is 2.04 bits per heavy atom. The Balaban J connectivity index is 2.45. The van der Waals surface area contributed by atoms with Gasteiger partial charge in [0.1, 0.15) is 5.82 Å². The summed E-state index contributed by atoms with van der Waals surface area (Å²) in [4.78, 5) is 3.87. The Kier molecular flexibility index (Phi) is 5.37. The van der Waals surface area contributed by atoms with E-state index in [0.29, 0.717) is 0 Å². The van der Waals surface area contributed by atoms with E-state index in [1.807, 2.05) is 0 Å². The van der Waals surface area contributed by atoms with Crippen molar-refractivity contribution in [2.45, 2.75) is 24.0 Å². The zero-order valence-corrected chi connectivity index (χ0v) is 14.5. The fourth-order valence-electron chi connectivity index (χ4n) is 2.06. The molecule has 7 nitrogen and oxygen atoms in total. The van der Waals surface area contributed by atoms with Crippen LogP contribution in [0.3, 0.4) is 0 Å². The van der Waals surface area contributed by atoms with Crippen LogP contribution < -0.4 is 5.32 Å². The van der Waals surface area contributed by atoms with Crippen molar-refractivity contribution < 1.29 is 26.3 Å². The van der Waals surface area contributed by atoms with Gasteiger partial charge in [-0.2, -0.15) is 23.0 Å². The predicted octanol–water partition coefficient (Wildman–Crippen LogP) is 2.14. The van der Waals surface area contributed by atoms with Crippen molar-refractivity contribution in [3.8, 4) is 5.82 Å². The Bertz CT molecular complexity index is 832. The van der Waals surface area contributed by atoms with Crippen molar-refractivity contribution in [1.82, 2.24) is 14.8 Å². The fourth-order valence-corrected chi connectivity index (χ4v) is 2.62. The number of hydrogen-bond donors (Lipinski definition) is 1. The molecule has 1 unspecified atom stereocenters. The number of pyridine rings is 1. The molecular weight excluding hydrogens is 361 g/mol. The number of nitrogens with zero attached hydrogens (tertiary/aromatic N) is 3. The molecule has 0 aromatic carbocycles. The first kappa shape index (κ1) is 19.2. The number of anilines is 1. The number of ether oxygens (including phenoxy) is 1. The highest BCUT2D eigenvalue weighted by Crippen LogP contribution is 2.31. The van der Waals surface area contributed by atoms with Crippen LogP contribution in [0, 0.1) is 0 Å². The molecule has 2 aromatic rings. The lowest BCUT2D eigenvalue weighted by Gasteiger charge is -2.15. The maximum absolute atomic E-state index is 13.0. The first-order valence-corrected chi connectivity index (χ1v) is 9.00. The molecule has 0 radical (unpaired) electrons. The molecule has 0 bridgehead atoms. The summed E-state index contributed by atoms with van der Waals surface area (Å²) < 4.78 is 67.8. The first-order chi connectivity index (χ1) is 11.5. The highest BCUT2D eigenvalue weighted by Gasteiger charge is 2.35. The Hall–Kier alpha value is -2.14. The molecule has 0 aliphatic carbocycles. The van der Waals surface area contributed by atoms with Gasteiger partial charge in [-0.1, -0.05) is 0 Å². The number of methoxy groups -OCH3 is 1. The molecule has 2 aromatic heterocycles. The number of nitrogens with one attached hydrogen (secondary N) is 1. The van der Waals surface area contributed by atoms with Crippen LogP contribution in [-0.4, -0.2) is 49.2 Å². The Morgan fingerprint density at radius 1 is 1.36 bits per heavy atom. The molecule has 25 heavy (non-hydrogen) atoms. The van der Waals surface area contributed by atoms with E-state index < -0.39 is 21.7 Å². The standard InChI is InChI=1S/C14H17F3N4O3S/c1-9(8-24-2)19-13-6-11(14(15,16)17)20-21(13)12-5-4-10(7-18-12)25(3,22)23/h4-7,9,19H,8H2,1-3H3. The van der Waals surface area contributed by atoms with E-state index in [1.165, 1.54) is 19.2 Å². The summed E-state index contributed by atoms with van der Waals surface area (Å²) in [7, 11) is -1.99. The maximum Gasteiger partial charge on any atom is 0.435 e. The molecule has 0 spiro atoms. The molecule has 0 aliphatic heterocycles. The van der Waals surface area contributed by atoms with Crippen molar-refractivity contribution in [2.75, 3.05) is 25.3 Å². The average Bonchev–Trinajstić information content (AvgIpc) is 2.90. The lowest BCUT2D eigenvalue weighted by molar-refractivity contribution is -0.141. The van der Waals surface area contributed by atoms with Crippen LogP contribution in [0.15, 0.2) is 29.3 Å². The SMILES string of the molecule is COCC(C)Nc1cc(C(F)(F)F)nn1-c1ccc(S(C)(=O)=O)cn1. The number of aromatic nitrogens is 3. The minimum Gasteiger partial charge on any atom is -0.383 e. The Morgan fingerprint density at radius 3 is 2.52 bits per heavy atom. The maximum atomic E-state index is 13.0. The summed E-state index contributed by atoms with van der Waals surface area (Å²) in [5.41, 5.74) is -1.09. The topological polar surface area (TPSA) is 86.1 Å². The minimum atomic E-state index is -4.63. The second-order valence-electron chi connectivity index (χ2n) is 5.45. The van der Waals surface area contributed by atoms with Gasteiger partial charge in [-0.05, 0) is 19.1 Å². The highest BCUT2D eigenvalue weighted by molar-refractivity contribution is 7.90. The van der Waals surface area contributed by atoms with E-state index >= 15 is 0 Å². The summed E-state index contributed by atoms with van der Waals surface area (Å²) in [5.74, 6) is 0.117. The molecule has 1 N–H and O–H groups in total. The third-order valence-electron chi connectivity index (χ3n) is 3.18. The van der Waals surface area contributed by atoms with Gasteiger partial charge in [0.25, 0.3) is 0 Å². The number of alkyl halides is 3. The number of halogens is 3. The average molecular weight is 378 g/mol. The van der Waals surface area contributed by atoms with Crippen LogP contribution in [0.25, 0.3) is 5.82 Å². The van der Waals surface area contributed by atoms with Crippen LogP contribution in [0.5, 0.6) is 0 Å². The van der Waals surface area contributed by atoms with Crippen molar-refractivity contribution in [3.63, 3.8) is 0 Å². The largest absolute Gasteiger partial charge is 0.435 e. The zero-order chi connectivity index (χ0) is 18.8. The van der Waals surface area contributed by atoms with E-state index in [2.05, 4.69) is 15.4 Å². The summed E-state index contributed by atoms with van der Waals surface area (Å²) in [6.07, 6.45) is -2.54. The van der Waals surface area contributed by atoms with Gasteiger partial charge >= 0.3 is 6.18 Å². The summed E-state index contributed by atoms with van der Waals surface area (Å²) >= 11 is 0. The van der Waals surface area contributed by atoms with Crippen molar-refractivity contribution in [2.24, 2.45) is 0 Å². The van der Waals surface area contributed by atoms with Crippen LogP contribution in [-0.2, 0) is 20.8 Å². The van der Waals surface area contributed by atoms with E-state index in [0.717, 1.165) is 23.2 Å². The predicted molar refractivity (Wildman–Crippen MR) is 84.4 cm³/mol. The van der Waals surface area contributed by atoms with Gasteiger partial charge < -0.3 is 10.1 Å². The van der Waals surface area contributed by atoms with E-state index in [1.54, 1.807) is 6.92 Å². The fraction of sp³-hybridized carbons (Fsp3) is 0.429. The molecule has 138 valence electrons. The smallest absolute Gasteiger partial charge is 0.383 e. The van der Waals surface area contributed by atoms with Crippen LogP contribution in [0.4, 0.5) is 19.0 Å². The van der Waals surface area contributed by atoms with Gasteiger partial charge in [-0.3, -0.25) is 0 Å². The number of rotatable bonds is 6. The highest BCUT2D eigenvalue weighted by atomic mass is 32.2. The third kappa shape index (κ3) is 4.69. The second-order valence-corrected chi connectivity index (χ2v) is 7.47. The molecule has 0 saturated heterocycles. The molecule has 0 aliphatic rings. The van der Waals surface area contributed by atoms with Gasteiger partial charge in [0.05, 0.1) is 11.5 Å². The van der Waals surface area contributed by atoms with Gasteiger partial charge in [0, 0.05) is 31.7 Å². The molecule has 0 saturated carbocycles. The zero-order valence-electron chi connectivity index (χ0n) is 13.7. The van der Waals surface area contributed by atoms with Gasteiger partial charge in [-0.25, -0.2) is 13.4 Å². The quantitative estimate of drug-likeness (QED) is 0.829. The molecular formula is C14H17F3N4O3S. The molecule has 0 fully saturated rings. The lowest BCUT2D eigenvalue weighted by Crippen LogP contribution is -2.22. The van der Waals surface area contributed by atoms with E-state index in [9.17, 15) is 21.6 Å². The van der Waals surface area contributed by atoms with Crippen molar-refractivity contribution in [3.05, 3.63) is 30.1 Å². The molecule has 0 amide bonds. The van der Waals surface area contributed by atoms with Crippen LogP contribution in [0.2, 0.25) is 0 Å². The number of sulfone groups is 1. The normalized spacial score (nSPS) is 13.7. The molecule has 2 rings (SSSR count). The summed E-state index contributed by atoms with van der Waals surface area (Å²) in [6.45, 7) is 2.00. The van der Waals surface area contributed by atoms with E-state index in [4.69, 9.17) is 4.74 Å². The van der Waals surface area contributed by atoms with E-state index in [-0.39, 0.29) is 29.2 Å². The molecule has 1 atom stereocenters. The van der Waals surface area contributed by atoms with Gasteiger partial charge in [0.2, 0.25) is 0 Å². The van der Waals surface area contributed by atoms with Gasteiger partial charge in [0.15, 0.2) is 21.3 Å². The second kappa shape index (κ2) is 7.00. The Labute approximate surface area is 142 Å². The molecule has 2 heterocycles. The van der Waals surface area contributed by atoms with Crippen molar-refractivity contribution in [1.29, 1.82) is 0 Å². The summed E-state index contributed by atoms with van der Waals surface area (Å²) in [5, 5.41) is 6.40. The van der Waals surface area contributed by atoms with Crippen LogP contribution >= 0.6 is 0 Å². The molecule has 11 heteroatoms. The number of hydrogen-bond acceptors (Lipinski definition) is 6. The van der Waals surface area contributed by atoms with Crippen LogP contribution in [0.1, 0.15) is 12.6 Å². The van der Waals surface area contributed by atoms with Crippen molar-refractivity contribution >= 4 is 15.7 Å². The first-order valence-electron chi connectivity index (χ1n) is 7.11. The summed E-state index contributed by atoms with van der Waals surface area (Å²) in [6, 6.07) is 3.13. The third-order valence-corrected chi connectivity index (χ3v) is 4.27. The monoisotopic (exact) mass is 378 g/mol. The minimum absolute atomic E-state index is 0.0401. The lowest BCUT2D eigenvalue weighted by atomic mass is 10.3.